The number of nitrogens with one attached hydrogen (secondary N) is 1. The third-order valence-electron chi connectivity index (χ3n) is 4.80. The highest BCUT2D eigenvalue weighted by Gasteiger charge is 2.36. The maximum absolute atomic E-state index is 12.6. The van der Waals surface area contributed by atoms with Crippen LogP contribution in [0.4, 0.5) is 4.79 Å². The lowest BCUT2D eigenvalue weighted by molar-refractivity contribution is -0.129. The van der Waals surface area contributed by atoms with Gasteiger partial charge in [0.1, 0.15) is 12.3 Å². The van der Waals surface area contributed by atoms with Gasteiger partial charge in [0.25, 0.3) is 11.1 Å². The molecule has 0 unspecified atom stereocenters. The van der Waals surface area contributed by atoms with Crippen LogP contribution in [0.1, 0.15) is 29.5 Å². The Hall–Kier alpha value is -2.32. The second kappa shape index (κ2) is 8.79. The first-order chi connectivity index (χ1) is 13.4. The van der Waals surface area contributed by atoms with E-state index in [9.17, 15) is 14.4 Å². The number of benzene rings is 1. The number of aryl methyl sites for hydroxylation is 2. The lowest BCUT2D eigenvalue weighted by atomic mass is 10.0. The fraction of sp³-hybridized carbons (Fsp3) is 0.450. The Morgan fingerprint density at radius 2 is 2.14 bits per heavy atom. The number of carbonyl (C=O) groups excluding carboxylic acids is 3. The number of methoxy groups -OCH3 is 1. The zero-order chi connectivity index (χ0) is 20.3. The number of hydrogen-bond acceptors (Lipinski definition) is 6. The summed E-state index contributed by atoms with van der Waals surface area (Å²) in [6, 6.07) is 3.81. The molecule has 3 rings (SSSR count). The number of thioether (sulfide) groups is 1. The Balaban J connectivity index is 1.66. The van der Waals surface area contributed by atoms with Gasteiger partial charge in [-0.2, -0.15) is 0 Å². The van der Waals surface area contributed by atoms with Crippen LogP contribution >= 0.6 is 11.8 Å². The minimum absolute atomic E-state index is 0.0139. The highest BCUT2D eigenvalue weighted by Crippen LogP contribution is 2.33. The largest absolute Gasteiger partial charge is 0.496 e. The summed E-state index contributed by atoms with van der Waals surface area (Å²) in [7, 11) is 1.61. The lowest BCUT2D eigenvalue weighted by Gasteiger charge is -2.14. The van der Waals surface area contributed by atoms with E-state index in [-0.39, 0.29) is 18.6 Å². The van der Waals surface area contributed by atoms with E-state index < -0.39 is 11.1 Å². The molecule has 150 valence electrons. The van der Waals surface area contributed by atoms with E-state index in [1.165, 1.54) is 0 Å². The summed E-state index contributed by atoms with van der Waals surface area (Å²) in [5.74, 6) is -0.0451. The van der Waals surface area contributed by atoms with Crippen LogP contribution in [0.15, 0.2) is 17.0 Å². The topological polar surface area (TPSA) is 84.9 Å². The van der Waals surface area contributed by atoms with Gasteiger partial charge in [-0.1, -0.05) is 0 Å². The standard InChI is InChI=1S/C20H24N2O5S/c1-12-8-16(26-3)13(2)7-14(12)9-17-19(24)22(20(25)28-17)11-18(23)21-10-15-5-4-6-27-15/h7-9,15H,4-6,10-11H2,1-3H3,(H,21,23)/b17-9-/t15-/m1/s1. The van der Waals surface area contributed by atoms with Gasteiger partial charge in [0.2, 0.25) is 5.91 Å². The van der Waals surface area contributed by atoms with Crippen molar-refractivity contribution in [2.45, 2.75) is 32.8 Å². The molecule has 0 aliphatic carbocycles. The molecule has 1 aromatic carbocycles. The third-order valence-corrected chi connectivity index (χ3v) is 5.70. The Kier molecular flexibility index (Phi) is 6.41. The summed E-state index contributed by atoms with van der Waals surface area (Å²) < 4.78 is 10.8. The summed E-state index contributed by atoms with van der Waals surface area (Å²) in [5.41, 5.74) is 2.71. The Morgan fingerprint density at radius 1 is 1.36 bits per heavy atom. The van der Waals surface area contributed by atoms with E-state index in [0.29, 0.717) is 18.1 Å². The number of nitrogens with zero attached hydrogens (tertiary/aromatic N) is 1. The zero-order valence-corrected chi connectivity index (χ0v) is 17.1. The average molecular weight is 404 g/mol. The van der Waals surface area contributed by atoms with Gasteiger partial charge < -0.3 is 14.8 Å². The molecule has 2 aliphatic heterocycles. The van der Waals surface area contributed by atoms with Crippen LogP contribution in [0.2, 0.25) is 0 Å². The molecule has 2 aliphatic rings. The van der Waals surface area contributed by atoms with Gasteiger partial charge in [-0.05, 0) is 73.4 Å². The molecule has 28 heavy (non-hydrogen) atoms. The fourth-order valence-corrected chi connectivity index (χ4v) is 4.03. The van der Waals surface area contributed by atoms with Crippen molar-refractivity contribution in [3.05, 3.63) is 33.7 Å². The molecule has 3 amide bonds. The van der Waals surface area contributed by atoms with Gasteiger partial charge in [-0.15, -0.1) is 0 Å². The molecule has 7 nitrogen and oxygen atoms in total. The molecular weight excluding hydrogens is 380 g/mol. The molecular formula is C20H24N2O5S. The molecule has 1 aromatic rings. The predicted molar refractivity (Wildman–Crippen MR) is 107 cm³/mol. The van der Waals surface area contributed by atoms with E-state index in [0.717, 1.165) is 51.9 Å². The Labute approximate surface area is 168 Å². The summed E-state index contributed by atoms with van der Waals surface area (Å²) in [6.07, 6.45) is 3.60. The quantitative estimate of drug-likeness (QED) is 0.734. The molecule has 2 fully saturated rings. The predicted octanol–water partition coefficient (Wildman–Crippen LogP) is 2.64. The van der Waals surface area contributed by atoms with E-state index >= 15 is 0 Å². The van der Waals surface area contributed by atoms with Crippen molar-refractivity contribution < 1.29 is 23.9 Å². The normalized spacial score (nSPS) is 20.9. The Morgan fingerprint density at radius 3 is 2.82 bits per heavy atom. The molecule has 0 aromatic heterocycles. The lowest BCUT2D eigenvalue weighted by Crippen LogP contribution is -2.41. The number of imide groups is 1. The van der Waals surface area contributed by atoms with E-state index in [1.807, 2.05) is 26.0 Å². The van der Waals surface area contributed by atoms with E-state index in [1.54, 1.807) is 13.2 Å². The second-order valence-corrected chi connectivity index (χ2v) is 7.88. The minimum Gasteiger partial charge on any atom is -0.496 e. The number of ether oxygens (including phenoxy) is 2. The highest BCUT2D eigenvalue weighted by molar-refractivity contribution is 8.18. The third kappa shape index (κ3) is 4.56. The van der Waals surface area contributed by atoms with Crippen molar-refractivity contribution in [1.82, 2.24) is 10.2 Å². The van der Waals surface area contributed by atoms with Crippen LogP contribution in [0.5, 0.6) is 5.75 Å². The van der Waals surface area contributed by atoms with E-state index in [4.69, 9.17) is 9.47 Å². The summed E-state index contributed by atoms with van der Waals surface area (Å²) in [4.78, 5) is 38.3. The van der Waals surface area contributed by atoms with Crippen molar-refractivity contribution in [3.63, 3.8) is 0 Å². The Bertz CT molecular complexity index is 830. The van der Waals surface area contributed by atoms with Crippen LogP contribution in [-0.4, -0.2) is 54.9 Å². The molecule has 0 spiro atoms. The first-order valence-corrected chi connectivity index (χ1v) is 9.99. The van der Waals surface area contributed by atoms with Crippen LogP contribution in [-0.2, 0) is 14.3 Å². The summed E-state index contributed by atoms with van der Waals surface area (Å²) in [6.45, 7) is 4.65. The number of carbonyl (C=O) groups is 3. The highest BCUT2D eigenvalue weighted by atomic mass is 32.2. The van der Waals surface area contributed by atoms with Gasteiger partial charge in [0, 0.05) is 13.2 Å². The summed E-state index contributed by atoms with van der Waals surface area (Å²) in [5, 5.41) is 2.30. The van der Waals surface area contributed by atoms with Crippen LogP contribution in [0.3, 0.4) is 0 Å². The first kappa shape index (κ1) is 20.4. The number of amides is 3. The number of hydrogen-bond donors (Lipinski definition) is 1. The molecule has 1 N–H and O–H groups in total. The van der Waals surface area contributed by atoms with Crippen molar-refractivity contribution in [1.29, 1.82) is 0 Å². The zero-order valence-electron chi connectivity index (χ0n) is 16.2. The molecule has 2 saturated heterocycles. The van der Waals surface area contributed by atoms with Crippen LogP contribution in [0.25, 0.3) is 6.08 Å². The summed E-state index contributed by atoms with van der Waals surface area (Å²) >= 11 is 0.849. The van der Waals surface area contributed by atoms with Gasteiger partial charge in [0.15, 0.2) is 0 Å². The van der Waals surface area contributed by atoms with Crippen molar-refractivity contribution in [2.75, 3.05) is 26.8 Å². The fourth-order valence-electron chi connectivity index (χ4n) is 3.20. The molecule has 0 bridgehead atoms. The monoisotopic (exact) mass is 404 g/mol. The molecule has 8 heteroatoms. The molecule has 0 saturated carbocycles. The smallest absolute Gasteiger partial charge is 0.294 e. The molecule has 2 heterocycles. The van der Waals surface area contributed by atoms with Gasteiger partial charge in [-0.25, -0.2) is 0 Å². The van der Waals surface area contributed by atoms with Crippen molar-refractivity contribution in [2.24, 2.45) is 0 Å². The number of rotatable bonds is 6. The van der Waals surface area contributed by atoms with E-state index in [2.05, 4.69) is 5.32 Å². The van der Waals surface area contributed by atoms with Gasteiger partial charge in [-0.3, -0.25) is 19.3 Å². The van der Waals surface area contributed by atoms with Crippen molar-refractivity contribution >= 4 is 34.9 Å². The van der Waals surface area contributed by atoms with Gasteiger partial charge >= 0.3 is 0 Å². The first-order valence-electron chi connectivity index (χ1n) is 9.18. The second-order valence-electron chi connectivity index (χ2n) is 6.89. The average Bonchev–Trinajstić information content (AvgIpc) is 3.27. The minimum atomic E-state index is -0.449. The maximum atomic E-state index is 12.6. The molecule has 1 atom stereocenters. The van der Waals surface area contributed by atoms with Crippen molar-refractivity contribution in [3.8, 4) is 5.75 Å². The molecule has 0 radical (unpaired) electrons. The van der Waals surface area contributed by atoms with Crippen LogP contribution in [0, 0.1) is 13.8 Å². The van der Waals surface area contributed by atoms with Crippen LogP contribution < -0.4 is 10.1 Å². The SMILES string of the molecule is COc1cc(C)c(/C=C2\SC(=O)N(CC(=O)NC[C@H]3CCCO3)C2=O)cc1C. The maximum Gasteiger partial charge on any atom is 0.294 e. The van der Waals surface area contributed by atoms with Gasteiger partial charge in [0.05, 0.1) is 18.1 Å².